The van der Waals surface area contributed by atoms with Gasteiger partial charge in [-0.3, -0.25) is 4.79 Å². The quantitative estimate of drug-likeness (QED) is 0.374. The molecular formula is C29H26O2. The molecule has 2 nitrogen and oxygen atoms in total. The molecule has 0 saturated heterocycles. The number of hydrogen-bond acceptors (Lipinski definition) is 2. The number of carbonyl (C=O) groups is 1. The molecular weight excluding hydrogens is 380 g/mol. The summed E-state index contributed by atoms with van der Waals surface area (Å²) in [6, 6.07) is 18.1. The summed E-state index contributed by atoms with van der Waals surface area (Å²) in [6.45, 7) is 0. The van der Waals surface area contributed by atoms with Gasteiger partial charge in [-0.05, 0) is 62.4 Å². The molecule has 0 atom stereocenters. The van der Waals surface area contributed by atoms with Gasteiger partial charge in [0, 0.05) is 40.7 Å². The van der Waals surface area contributed by atoms with Gasteiger partial charge in [0.05, 0.1) is 7.11 Å². The summed E-state index contributed by atoms with van der Waals surface area (Å²) in [5.74, 6) is 19.4. The Balaban J connectivity index is 1.70. The molecule has 3 rings (SSSR count). The van der Waals surface area contributed by atoms with Gasteiger partial charge in [0.1, 0.15) is 0 Å². The highest BCUT2D eigenvalue weighted by Gasteiger charge is 2.09. The number of esters is 1. The van der Waals surface area contributed by atoms with E-state index >= 15 is 0 Å². The Morgan fingerprint density at radius 1 is 0.806 bits per heavy atom. The van der Waals surface area contributed by atoms with E-state index in [-0.39, 0.29) is 5.97 Å². The number of methoxy groups -OCH3 is 1. The SMILES string of the molecule is COC(=O)CCCC#Cc1cccc(C#CC2=C(C#Cc3ccccc3)CCCC2)c1. The van der Waals surface area contributed by atoms with Crippen molar-refractivity contribution in [2.75, 3.05) is 7.11 Å². The van der Waals surface area contributed by atoms with Crippen molar-refractivity contribution in [1.82, 2.24) is 0 Å². The highest BCUT2D eigenvalue weighted by Crippen LogP contribution is 2.24. The Morgan fingerprint density at radius 2 is 1.42 bits per heavy atom. The highest BCUT2D eigenvalue weighted by molar-refractivity contribution is 5.69. The number of allylic oxidation sites excluding steroid dienone is 2. The van der Waals surface area contributed by atoms with Crippen molar-refractivity contribution in [2.24, 2.45) is 0 Å². The average molecular weight is 407 g/mol. The molecule has 0 saturated carbocycles. The average Bonchev–Trinajstić information content (AvgIpc) is 2.82. The summed E-state index contributed by atoms with van der Waals surface area (Å²) < 4.78 is 4.64. The maximum absolute atomic E-state index is 11.1. The molecule has 0 bridgehead atoms. The van der Waals surface area contributed by atoms with Gasteiger partial charge in [0.15, 0.2) is 0 Å². The van der Waals surface area contributed by atoms with Crippen LogP contribution in [0.4, 0.5) is 0 Å². The summed E-state index contributed by atoms with van der Waals surface area (Å²) in [7, 11) is 1.41. The van der Waals surface area contributed by atoms with E-state index in [2.05, 4.69) is 40.3 Å². The molecule has 2 heteroatoms. The zero-order chi connectivity index (χ0) is 21.7. The molecule has 0 aromatic heterocycles. The van der Waals surface area contributed by atoms with Crippen molar-refractivity contribution >= 4 is 5.97 Å². The molecule has 2 aromatic carbocycles. The Kier molecular flexibility index (Phi) is 8.61. The molecule has 2 aromatic rings. The number of hydrogen-bond donors (Lipinski definition) is 0. The molecule has 0 spiro atoms. The first kappa shape index (κ1) is 22.0. The molecule has 154 valence electrons. The van der Waals surface area contributed by atoms with E-state index in [1.54, 1.807) is 0 Å². The number of carbonyl (C=O) groups excluding carboxylic acids is 1. The molecule has 0 fully saturated rings. The molecule has 0 aliphatic heterocycles. The molecule has 1 aliphatic carbocycles. The predicted molar refractivity (Wildman–Crippen MR) is 125 cm³/mol. The largest absolute Gasteiger partial charge is 0.469 e. The summed E-state index contributed by atoms with van der Waals surface area (Å²) in [5.41, 5.74) is 5.25. The van der Waals surface area contributed by atoms with E-state index in [4.69, 9.17) is 0 Å². The Labute approximate surface area is 185 Å². The third-order valence-corrected chi connectivity index (χ3v) is 4.96. The first-order chi connectivity index (χ1) is 15.2. The second-order valence-corrected chi connectivity index (χ2v) is 7.34. The monoisotopic (exact) mass is 406 g/mol. The molecule has 31 heavy (non-hydrogen) atoms. The van der Waals surface area contributed by atoms with Crippen LogP contribution in [0.15, 0.2) is 65.7 Å². The van der Waals surface area contributed by atoms with E-state index in [9.17, 15) is 4.79 Å². The van der Waals surface area contributed by atoms with E-state index in [1.807, 2.05) is 54.6 Å². The van der Waals surface area contributed by atoms with Gasteiger partial charge >= 0.3 is 5.97 Å². The van der Waals surface area contributed by atoms with E-state index < -0.39 is 0 Å². The van der Waals surface area contributed by atoms with E-state index in [1.165, 1.54) is 19.1 Å². The van der Waals surface area contributed by atoms with Crippen molar-refractivity contribution in [3.63, 3.8) is 0 Å². The Morgan fingerprint density at radius 3 is 2.10 bits per heavy atom. The van der Waals surface area contributed by atoms with Crippen LogP contribution in [0.2, 0.25) is 0 Å². The van der Waals surface area contributed by atoms with Crippen molar-refractivity contribution in [3.05, 3.63) is 82.4 Å². The van der Waals surface area contributed by atoms with Gasteiger partial charge in [-0.2, -0.15) is 0 Å². The fourth-order valence-electron chi connectivity index (χ4n) is 3.26. The lowest BCUT2D eigenvalue weighted by atomic mass is 9.92. The number of unbranched alkanes of at least 4 members (excludes halogenated alkanes) is 1. The van der Waals surface area contributed by atoms with Crippen LogP contribution in [-0.2, 0) is 9.53 Å². The molecule has 0 radical (unpaired) electrons. The third-order valence-electron chi connectivity index (χ3n) is 4.96. The zero-order valence-corrected chi connectivity index (χ0v) is 18.0. The third kappa shape index (κ3) is 7.59. The van der Waals surface area contributed by atoms with E-state index in [0.717, 1.165) is 41.5 Å². The fraction of sp³-hybridized carbons (Fsp3) is 0.276. The number of ether oxygens (including phenoxy) is 1. The second-order valence-electron chi connectivity index (χ2n) is 7.34. The smallest absolute Gasteiger partial charge is 0.305 e. The van der Waals surface area contributed by atoms with Gasteiger partial charge in [-0.15, -0.1) is 0 Å². The summed E-state index contributed by atoms with van der Waals surface area (Å²) in [6.07, 6.45) is 6.11. The molecule has 0 amide bonds. The lowest BCUT2D eigenvalue weighted by Gasteiger charge is -2.11. The molecule has 0 unspecified atom stereocenters. The standard InChI is InChI=1S/C29H26O2/c1-31-29(30)18-7-3-6-13-25-14-10-15-26(23-25)20-22-28-17-9-8-16-27(28)21-19-24-11-4-2-5-12-24/h2,4-5,10-12,14-15,23H,3,7-9,16-18H2,1H3. The van der Waals surface area contributed by atoms with Crippen LogP contribution in [-0.4, -0.2) is 13.1 Å². The minimum absolute atomic E-state index is 0.191. The first-order valence-corrected chi connectivity index (χ1v) is 10.7. The van der Waals surface area contributed by atoms with Crippen molar-refractivity contribution < 1.29 is 9.53 Å². The van der Waals surface area contributed by atoms with Crippen LogP contribution >= 0.6 is 0 Å². The fourth-order valence-corrected chi connectivity index (χ4v) is 3.26. The van der Waals surface area contributed by atoms with Gasteiger partial charge in [0.2, 0.25) is 0 Å². The molecule has 0 N–H and O–H groups in total. The van der Waals surface area contributed by atoms with Crippen molar-refractivity contribution in [3.8, 4) is 35.5 Å². The van der Waals surface area contributed by atoms with Crippen LogP contribution in [0.5, 0.6) is 0 Å². The minimum Gasteiger partial charge on any atom is -0.469 e. The summed E-state index contributed by atoms with van der Waals surface area (Å²) >= 11 is 0. The Bertz CT molecular complexity index is 1120. The van der Waals surface area contributed by atoms with Crippen LogP contribution in [0, 0.1) is 35.5 Å². The van der Waals surface area contributed by atoms with Crippen LogP contribution in [0.1, 0.15) is 61.6 Å². The summed E-state index contributed by atoms with van der Waals surface area (Å²) in [5, 5.41) is 0. The molecule has 0 heterocycles. The first-order valence-electron chi connectivity index (χ1n) is 10.7. The van der Waals surface area contributed by atoms with Crippen LogP contribution in [0.25, 0.3) is 0 Å². The normalized spacial score (nSPS) is 12.4. The maximum Gasteiger partial charge on any atom is 0.305 e. The summed E-state index contributed by atoms with van der Waals surface area (Å²) in [4.78, 5) is 11.1. The van der Waals surface area contributed by atoms with E-state index in [0.29, 0.717) is 19.3 Å². The van der Waals surface area contributed by atoms with Gasteiger partial charge in [-0.1, -0.05) is 59.8 Å². The van der Waals surface area contributed by atoms with Gasteiger partial charge < -0.3 is 4.74 Å². The van der Waals surface area contributed by atoms with Gasteiger partial charge in [-0.25, -0.2) is 0 Å². The maximum atomic E-state index is 11.1. The predicted octanol–water partition coefficient (Wildman–Crippen LogP) is 5.66. The van der Waals surface area contributed by atoms with Crippen molar-refractivity contribution in [2.45, 2.75) is 44.9 Å². The Hall–Kier alpha value is -3.67. The zero-order valence-electron chi connectivity index (χ0n) is 18.0. The van der Waals surface area contributed by atoms with Gasteiger partial charge in [0.25, 0.3) is 0 Å². The highest BCUT2D eigenvalue weighted by atomic mass is 16.5. The topological polar surface area (TPSA) is 26.3 Å². The number of rotatable bonds is 3. The second kappa shape index (κ2) is 12.1. The number of benzene rings is 2. The minimum atomic E-state index is -0.191. The lowest BCUT2D eigenvalue weighted by molar-refractivity contribution is -0.140. The molecule has 1 aliphatic rings. The van der Waals surface area contributed by atoms with Crippen LogP contribution < -0.4 is 0 Å². The lowest BCUT2D eigenvalue weighted by Crippen LogP contribution is -1.98. The van der Waals surface area contributed by atoms with Crippen LogP contribution in [0.3, 0.4) is 0 Å². The van der Waals surface area contributed by atoms with Crippen molar-refractivity contribution in [1.29, 1.82) is 0 Å².